The fourth-order valence-electron chi connectivity index (χ4n) is 0.790. The Balaban J connectivity index is 3.20. The van der Waals surface area contributed by atoms with Crippen molar-refractivity contribution >= 4 is 11.4 Å². The predicted molar refractivity (Wildman–Crippen MR) is 42.9 cm³/mol. The standard InChI is InChI=1S/C7H8N2O2/c1-11-6-4-2-3-5(9-10)7(6)8/h2-4H,8H2,1H3. The lowest BCUT2D eigenvalue weighted by atomic mass is 10.2. The maximum Gasteiger partial charge on any atom is 0.144 e. The second-order valence-electron chi connectivity index (χ2n) is 1.98. The molecule has 0 aliphatic heterocycles. The molecule has 0 amide bonds. The molecule has 0 radical (unpaired) electrons. The van der Waals surface area contributed by atoms with Gasteiger partial charge in [0, 0.05) is 0 Å². The number of nitroso groups, excluding NO2 is 1. The first-order valence-corrected chi connectivity index (χ1v) is 3.05. The molecule has 1 aromatic carbocycles. The minimum Gasteiger partial charge on any atom is -0.495 e. The second-order valence-corrected chi connectivity index (χ2v) is 1.98. The van der Waals surface area contributed by atoms with Crippen LogP contribution < -0.4 is 10.5 Å². The molecule has 0 aliphatic carbocycles. The molecule has 58 valence electrons. The molecule has 0 heterocycles. The summed E-state index contributed by atoms with van der Waals surface area (Å²) < 4.78 is 4.86. The van der Waals surface area contributed by atoms with Gasteiger partial charge in [0.25, 0.3) is 0 Å². The Labute approximate surface area is 63.9 Å². The van der Waals surface area contributed by atoms with Crippen LogP contribution in [0.25, 0.3) is 0 Å². The highest BCUT2D eigenvalue weighted by Gasteiger charge is 2.03. The van der Waals surface area contributed by atoms with Gasteiger partial charge in [-0.1, -0.05) is 6.07 Å². The molecule has 0 aromatic heterocycles. The smallest absolute Gasteiger partial charge is 0.144 e. The minimum atomic E-state index is 0.212. The third-order valence-electron chi connectivity index (χ3n) is 1.36. The van der Waals surface area contributed by atoms with Crippen molar-refractivity contribution in [2.75, 3.05) is 12.8 Å². The van der Waals surface area contributed by atoms with Crippen molar-refractivity contribution in [2.45, 2.75) is 0 Å². The van der Waals surface area contributed by atoms with Crippen LogP contribution in [0.15, 0.2) is 23.4 Å². The minimum absolute atomic E-state index is 0.212. The van der Waals surface area contributed by atoms with E-state index in [-0.39, 0.29) is 11.4 Å². The summed E-state index contributed by atoms with van der Waals surface area (Å²) in [5, 5.41) is 2.72. The van der Waals surface area contributed by atoms with Gasteiger partial charge in [-0.2, -0.15) is 0 Å². The summed E-state index contributed by atoms with van der Waals surface area (Å²) in [4.78, 5) is 10.1. The molecule has 0 unspecified atom stereocenters. The van der Waals surface area contributed by atoms with Gasteiger partial charge in [-0.15, -0.1) is 4.91 Å². The van der Waals surface area contributed by atoms with Crippen LogP contribution >= 0.6 is 0 Å². The number of ether oxygens (including phenoxy) is 1. The SMILES string of the molecule is COc1cccc(N=O)c1N. The molecule has 1 rings (SSSR count). The lowest BCUT2D eigenvalue weighted by Crippen LogP contribution is -1.91. The Hall–Kier alpha value is -1.58. The van der Waals surface area contributed by atoms with E-state index in [0.29, 0.717) is 5.75 Å². The summed E-state index contributed by atoms with van der Waals surface area (Å²) in [6.45, 7) is 0. The van der Waals surface area contributed by atoms with Crippen molar-refractivity contribution in [3.63, 3.8) is 0 Å². The number of hydrogen-bond acceptors (Lipinski definition) is 4. The second kappa shape index (κ2) is 3.01. The van der Waals surface area contributed by atoms with Gasteiger partial charge in [0.1, 0.15) is 17.1 Å². The van der Waals surface area contributed by atoms with Crippen molar-refractivity contribution in [1.82, 2.24) is 0 Å². The molecule has 0 spiro atoms. The molecule has 0 atom stereocenters. The zero-order chi connectivity index (χ0) is 8.27. The summed E-state index contributed by atoms with van der Waals surface area (Å²) in [5.74, 6) is 0.474. The van der Waals surface area contributed by atoms with Crippen molar-refractivity contribution in [1.29, 1.82) is 0 Å². The number of nitrogens with zero attached hydrogens (tertiary/aromatic N) is 1. The fraction of sp³-hybridized carbons (Fsp3) is 0.143. The first kappa shape index (κ1) is 7.53. The van der Waals surface area contributed by atoms with Crippen LogP contribution in [-0.4, -0.2) is 7.11 Å². The maximum atomic E-state index is 10.1. The summed E-state index contributed by atoms with van der Waals surface area (Å²) in [6.07, 6.45) is 0. The molecule has 0 saturated carbocycles. The molecule has 0 aliphatic rings. The van der Waals surface area contributed by atoms with E-state index in [9.17, 15) is 4.91 Å². The number of hydrogen-bond donors (Lipinski definition) is 1. The van der Waals surface area contributed by atoms with Gasteiger partial charge in [-0.05, 0) is 17.3 Å². The van der Waals surface area contributed by atoms with Gasteiger partial charge in [-0.3, -0.25) is 0 Å². The number of nitrogen functional groups attached to an aromatic ring is 1. The van der Waals surface area contributed by atoms with Gasteiger partial charge >= 0.3 is 0 Å². The van der Waals surface area contributed by atoms with Crippen LogP contribution in [0.3, 0.4) is 0 Å². The summed E-state index contributed by atoms with van der Waals surface area (Å²) in [6, 6.07) is 4.86. The third-order valence-corrected chi connectivity index (χ3v) is 1.36. The number of anilines is 1. The molecular formula is C7H8N2O2. The molecule has 0 bridgehead atoms. The molecule has 0 fully saturated rings. The monoisotopic (exact) mass is 152 g/mol. The maximum absolute atomic E-state index is 10.1. The zero-order valence-electron chi connectivity index (χ0n) is 6.07. The van der Waals surface area contributed by atoms with E-state index in [1.54, 1.807) is 12.1 Å². The van der Waals surface area contributed by atoms with Crippen molar-refractivity contribution < 1.29 is 4.74 Å². The highest BCUT2D eigenvalue weighted by Crippen LogP contribution is 2.30. The molecule has 0 saturated heterocycles. The summed E-state index contributed by atoms with van der Waals surface area (Å²) in [5.41, 5.74) is 5.98. The number of methoxy groups -OCH3 is 1. The lowest BCUT2D eigenvalue weighted by molar-refractivity contribution is 0.417. The Bertz CT molecular complexity index is 273. The highest BCUT2D eigenvalue weighted by molar-refractivity contribution is 5.69. The molecule has 1 aromatic rings. The largest absolute Gasteiger partial charge is 0.495 e. The molecule has 2 N–H and O–H groups in total. The normalized spacial score (nSPS) is 9.18. The van der Waals surface area contributed by atoms with Gasteiger partial charge in [0.2, 0.25) is 0 Å². The summed E-state index contributed by atoms with van der Waals surface area (Å²) >= 11 is 0. The molecular weight excluding hydrogens is 144 g/mol. The number of para-hydroxylation sites is 1. The first-order chi connectivity index (χ1) is 5.29. The third kappa shape index (κ3) is 1.29. The van der Waals surface area contributed by atoms with E-state index in [1.165, 1.54) is 13.2 Å². The number of benzene rings is 1. The fourth-order valence-corrected chi connectivity index (χ4v) is 0.790. The molecule has 4 heteroatoms. The number of nitrogens with two attached hydrogens (primary N) is 1. The lowest BCUT2D eigenvalue weighted by Gasteiger charge is -2.03. The number of rotatable bonds is 2. The van der Waals surface area contributed by atoms with Crippen LogP contribution in [0.1, 0.15) is 0 Å². The highest BCUT2D eigenvalue weighted by atomic mass is 16.5. The van der Waals surface area contributed by atoms with Gasteiger partial charge in [0.15, 0.2) is 0 Å². The van der Waals surface area contributed by atoms with Gasteiger partial charge < -0.3 is 10.5 Å². The Kier molecular flexibility index (Phi) is 2.06. The van der Waals surface area contributed by atoms with Crippen LogP contribution in [0.2, 0.25) is 0 Å². The zero-order valence-corrected chi connectivity index (χ0v) is 6.07. The van der Waals surface area contributed by atoms with Crippen LogP contribution in [0.4, 0.5) is 11.4 Å². The topological polar surface area (TPSA) is 64.7 Å². The predicted octanol–water partition coefficient (Wildman–Crippen LogP) is 1.68. The molecule has 11 heavy (non-hydrogen) atoms. The Morgan fingerprint density at radius 1 is 1.55 bits per heavy atom. The Morgan fingerprint density at radius 3 is 2.82 bits per heavy atom. The van der Waals surface area contributed by atoms with Crippen molar-refractivity contribution in [2.24, 2.45) is 5.18 Å². The van der Waals surface area contributed by atoms with E-state index < -0.39 is 0 Å². The summed E-state index contributed by atoms with van der Waals surface area (Å²) in [7, 11) is 1.49. The van der Waals surface area contributed by atoms with E-state index >= 15 is 0 Å². The van der Waals surface area contributed by atoms with Crippen LogP contribution in [-0.2, 0) is 0 Å². The van der Waals surface area contributed by atoms with Crippen LogP contribution in [0, 0.1) is 4.91 Å². The Morgan fingerprint density at radius 2 is 2.27 bits per heavy atom. The molecule has 4 nitrogen and oxygen atoms in total. The van der Waals surface area contributed by atoms with E-state index in [0.717, 1.165) is 0 Å². The van der Waals surface area contributed by atoms with Gasteiger partial charge in [0.05, 0.1) is 7.11 Å². The first-order valence-electron chi connectivity index (χ1n) is 3.05. The van der Waals surface area contributed by atoms with E-state index in [4.69, 9.17) is 10.5 Å². The van der Waals surface area contributed by atoms with Gasteiger partial charge in [-0.25, -0.2) is 0 Å². The van der Waals surface area contributed by atoms with Crippen molar-refractivity contribution in [3.8, 4) is 5.75 Å². The van der Waals surface area contributed by atoms with E-state index in [2.05, 4.69) is 5.18 Å². The van der Waals surface area contributed by atoms with Crippen molar-refractivity contribution in [3.05, 3.63) is 23.1 Å². The average molecular weight is 152 g/mol. The average Bonchev–Trinajstić information content (AvgIpc) is 2.05. The quantitative estimate of drug-likeness (QED) is 0.517. The van der Waals surface area contributed by atoms with E-state index in [1.807, 2.05) is 0 Å². The van der Waals surface area contributed by atoms with Crippen LogP contribution in [0.5, 0.6) is 5.75 Å².